The van der Waals surface area contributed by atoms with Crippen LogP contribution in [0.1, 0.15) is 36.7 Å². The fourth-order valence-corrected chi connectivity index (χ4v) is 2.19. The van der Waals surface area contributed by atoms with Crippen LogP contribution in [0.3, 0.4) is 0 Å². The molecule has 1 atom stereocenters. The van der Waals surface area contributed by atoms with Crippen molar-refractivity contribution in [3.8, 4) is 0 Å². The highest BCUT2D eigenvalue weighted by Gasteiger charge is 2.44. The van der Waals surface area contributed by atoms with E-state index in [1.165, 1.54) is 11.1 Å². The van der Waals surface area contributed by atoms with Crippen LogP contribution < -0.4 is 0 Å². The van der Waals surface area contributed by atoms with Crippen molar-refractivity contribution in [1.82, 2.24) is 15.1 Å². The second kappa shape index (κ2) is 4.20. The number of carboxylic acid groups (broad SMARTS) is 1. The molecule has 1 aliphatic rings. The van der Waals surface area contributed by atoms with Gasteiger partial charge in [0.25, 0.3) is 5.91 Å². The van der Waals surface area contributed by atoms with Gasteiger partial charge in [0.15, 0.2) is 0 Å². The van der Waals surface area contributed by atoms with Gasteiger partial charge in [-0.3, -0.25) is 9.89 Å². The molecule has 0 aromatic carbocycles. The first kappa shape index (κ1) is 11.6. The van der Waals surface area contributed by atoms with Gasteiger partial charge in [0, 0.05) is 12.7 Å². The van der Waals surface area contributed by atoms with Crippen LogP contribution in [0.2, 0.25) is 0 Å². The van der Waals surface area contributed by atoms with Gasteiger partial charge in [-0.1, -0.05) is 0 Å². The molecule has 0 radical (unpaired) electrons. The number of carbonyl (C=O) groups excluding carboxylic acids is 1. The summed E-state index contributed by atoms with van der Waals surface area (Å²) in [4.78, 5) is 24.9. The molecule has 1 saturated heterocycles. The third kappa shape index (κ3) is 1.90. The number of aromatic amines is 1. The second-order valence-corrected chi connectivity index (χ2v) is 4.46. The summed E-state index contributed by atoms with van der Waals surface area (Å²) in [6, 6.07) is 1.55. The number of nitrogens with one attached hydrogen (secondary N) is 1. The first-order valence-corrected chi connectivity index (χ1v) is 5.60. The topological polar surface area (TPSA) is 86.3 Å². The number of hydrogen-bond acceptors (Lipinski definition) is 3. The van der Waals surface area contributed by atoms with Crippen molar-refractivity contribution >= 4 is 11.9 Å². The number of amides is 1. The predicted octanol–water partition coefficient (Wildman–Crippen LogP) is 0.879. The Labute approximate surface area is 98.6 Å². The Balaban J connectivity index is 2.29. The van der Waals surface area contributed by atoms with Gasteiger partial charge in [-0.2, -0.15) is 5.10 Å². The standard InChI is InChI=1S/C11H15N3O3/c1-11(10(16)17)5-2-3-7-14(11)9(15)8-4-6-12-13-8/h4,6H,2-3,5,7H2,1H3,(H,12,13)(H,16,17). The maximum Gasteiger partial charge on any atom is 0.329 e. The summed E-state index contributed by atoms with van der Waals surface area (Å²) < 4.78 is 0. The van der Waals surface area contributed by atoms with Gasteiger partial charge in [0.05, 0.1) is 0 Å². The van der Waals surface area contributed by atoms with Gasteiger partial charge >= 0.3 is 5.97 Å². The van der Waals surface area contributed by atoms with E-state index in [1.807, 2.05) is 0 Å². The summed E-state index contributed by atoms with van der Waals surface area (Å²) in [6.07, 6.45) is 3.63. The zero-order chi connectivity index (χ0) is 12.5. The number of rotatable bonds is 2. The Morgan fingerprint density at radius 1 is 1.53 bits per heavy atom. The minimum absolute atomic E-state index is 0.299. The lowest BCUT2D eigenvalue weighted by Crippen LogP contribution is -2.57. The first-order chi connectivity index (χ1) is 8.05. The first-order valence-electron chi connectivity index (χ1n) is 5.60. The monoisotopic (exact) mass is 237 g/mol. The molecule has 0 bridgehead atoms. The largest absolute Gasteiger partial charge is 0.480 e. The summed E-state index contributed by atoms with van der Waals surface area (Å²) in [7, 11) is 0. The van der Waals surface area contributed by atoms with Gasteiger partial charge in [0.1, 0.15) is 11.2 Å². The molecule has 6 heteroatoms. The van der Waals surface area contributed by atoms with Crippen LogP contribution in [0.25, 0.3) is 0 Å². The zero-order valence-electron chi connectivity index (χ0n) is 9.64. The highest BCUT2D eigenvalue weighted by molar-refractivity contribution is 5.96. The number of aromatic nitrogens is 2. The second-order valence-electron chi connectivity index (χ2n) is 4.46. The molecule has 6 nitrogen and oxygen atoms in total. The van der Waals surface area contributed by atoms with Crippen molar-refractivity contribution in [3.63, 3.8) is 0 Å². The number of H-pyrrole nitrogens is 1. The predicted molar refractivity (Wildman–Crippen MR) is 59.5 cm³/mol. The van der Waals surface area contributed by atoms with Gasteiger partial charge in [-0.15, -0.1) is 0 Å². The van der Waals surface area contributed by atoms with E-state index in [-0.39, 0.29) is 5.91 Å². The zero-order valence-corrected chi connectivity index (χ0v) is 9.64. The van der Waals surface area contributed by atoms with Crippen molar-refractivity contribution < 1.29 is 14.7 Å². The molecule has 1 aliphatic heterocycles. The van der Waals surface area contributed by atoms with Crippen LogP contribution in [0.15, 0.2) is 12.3 Å². The van der Waals surface area contributed by atoms with Gasteiger partial charge in [-0.05, 0) is 32.3 Å². The molecule has 2 N–H and O–H groups in total. The number of nitrogens with zero attached hydrogens (tertiary/aromatic N) is 2. The molecular formula is C11H15N3O3. The van der Waals surface area contributed by atoms with E-state index >= 15 is 0 Å². The molecule has 1 unspecified atom stereocenters. The van der Waals surface area contributed by atoms with Crippen LogP contribution in [0.4, 0.5) is 0 Å². The summed E-state index contributed by atoms with van der Waals surface area (Å²) >= 11 is 0. The van der Waals surface area contributed by atoms with Gasteiger partial charge in [-0.25, -0.2) is 4.79 Å². The normalized spacial score (nSPS) is 24.6. The summed E-state index contributed by atoms with van der Waals surface area (Å²) in [6.45, 7) is 2.07. The molecule has 0 spiro atoms. The highest BCUT2D eigenvalue weighted by Crippen LogP contribution is 2.29. The molecule has 1 aromatic heterocycles. The molecule has 0 saturated carbocycles. The van der Waals surface area contributed by atoms with E-state index < -0.39 is 11.5 Å². The minimum atomic E-state index is -1.11. The lowest BCUT2D eigenvalue weighted by Gasteiger charge is -2.41. The van der Waals surface area contributed by atoms with Crippen LogP contribution >= 0.6 is 0 Å². The number of likely N-dealkylation sites (tertiary alicyclic amines) is 1. The Bertz CT molecular complexity index is 429. The van der Waals surface area contributed by atoms with Crippen LogP contribution in [-0.4, -0.2) is 44.2 Å². The van der Waals surface area contributed by atoms with Gasteiger partial charge < -0.3 is 10.0 Å². The third-order valence-corrected chi connectivity index (χ3v) is 3.33. The Morgan fingerprint density at radius 3 is 2.88 bits per heavy atom. The molecule has 2 rings (SSSR count). The quantitative estimate of drug-likeness (QED) is 0.799. The summed E-state index contributed by atoms with van der Waals surface area (Å²) in [5.74, 6) is -1.25. The SMILES string of the molecule is CC1(C(=O)O)CCCCN1C(=O)c1ccn[nH]1. The lowest BCUT2D eigenvalue weighted by molar-refractivity contribution is -0.150. The van der Waals surface area contributed by atoms with Crippen molar-refractivity contribution in [3.05, 3.63) is 18.0 Å². The molecule has 17 heavy (non-hydrogen) atoms. The molecule has 1 aromatic rings. The minimum Gasteiger partial charge on any atom is -0.480 e. The highest BCUT2D eigenvalue weighted by atomic mass is 16.4. The number of piperidine rings is 1. The van der Waals surface area contributed by atoms with Crippen LogP contribution in [-0.2, 0) is 4.79 Å². The van der Waals surface area contributed by atoms with E-state index in [2.05, 4.69) is 10.2 Å². The van der Waals surface area contributed by atoms with E-state index in [4.69, 9.17) is 0 Å². The van der Waals surface area contributed by atoms with Gasteiger partial charge in [0.2, 0.25) is 0 Å². The Hall–Kier alpha value is -1.85. The molecular weight excluding hydrogens is 222 g/mol. The number of carboxylic acids is 1. The van der Waals surface area contributed by atoms with E-state index in [1.54, 1.807) is 13.0 Å². The van der Waals surface area contributed by atoms with E-state index in [0.717, 1.165) is 12.8 Å². The van der Waals surface area contributed by atoms with E-state index in [9.17, 15) is 14.7 Å². The number of hydrogen-bond donors (Lipinski definition) is 2. The molecule has 2 heterocycles. The van der Waals surface area contributed by atoms with Crippen LogP contribution in [0.5, 0.6) is 0 Å². The smallest absolute Gasteiger partial charge is 0.329 e. The fourth-order valence-electron chi connectivity index (χ4n) is 2.19. The maximum atomic E-state index is 12.2. The van der Waals surface area contributed by atoms with Crippen molar-refractivity contribution in [2.45, 2.75) is 31.7 Å². The van der Waals surface area contributed by atoms with E-state index in [0.29, 0.717) is 18.7 Å². The number of carbonyl (C=O) groups is 2. The fraction of sp³-hybridized carbons (Fsp3) is 0.545. The lowest BCUT2D eigenvalue weighted by atomic mass is 9.88. The average Bonchev–Trinajstić information content (AvgIpc) is 2.82. The summed E-state index contributed by atoms with van der Waals surface area (Å²) in [5.41, 5.74) is -0.778. The molecule has 92 valence electrons. The Kier molecular flexibility index (Phi) is 2.87. The van der Waals surface area contributed by atoms with Crippen molar-refractivity contribution in [1.29, 1.82) is 0 Å². The van der Waals surface area contributed by atoms with Crippen LogP contribution in [0, 0.1) is 0 Å². The summed E-state index contributed by atoms with van der Waals surface area (Å²) in [5, 5.41) is 15.6. The Morgan fingerprint density at radius 2 is 2.29 bits per heavy atom. The number of aliphatic carboxylic acids is 1. The average molecular weight is 237 g/mol. The maximum absolute atomic E-state index is 12.2. The molecule has 1 amide bonds. The third-order valence-electron chi connectivity index (χ3n) is 3.33. The molecule has 1 fully saturated rings. The molecule has 0 aliphatic carbocycles. The van der Waals surface area contributed by atoms with Crippen molar-refractivity contribution in [2.24, 2.45) is 0 Å². The van der Waals surface area contributed by atoms with Crippen molar-refractivity contribution in [2.75, 3.05) is 6.54 Å².